The van der Waals surface area contributed by atoms with E-state index in [0.717, 1.165) is 4.47 Å². The van der Waals surface area contributed by atoms with Crippen molar-refractivity contribution < 1.29 is 23.5 Å². The zero-order chi connectivity index (χ0) is 24.6. The van der Waals surface area contributed by atoms with Crippen LogP contribution in [0.2, 0.25) is 0 Å². The summed E-state index contributed by atoms with van der Waals surface area (Å²) in [5, 5.41) is 6.74. The number of hydrogen-bond donors (Lipinski definition) is 2. The average Bonchev–Trinajstić information content (AvgIpc) is 3.42. The molecule has 0 aliphatic heterocycles. The van der Waals surface area contributed by atoms with Crippen LogP contribution in [0, 0.1) is 0 Å². The molecule has 4 rings (SSSR count). The largest absolute Gasteiger partial charge is 0.457 e. The normalized spacial score (nSPS) is 10.7. The number of anilines is 1. The molecule has 1 heterocycles. The summed E-state index contributed by atoms with van der Waals surface area (Å²) in [6, 6.07) is 23.3. The monoisotopic (exact) mass is 531 g/mol. The minimum absolute atomic E-state index is 0.0540. The number of nitrogens with one attached hydrogen (secondary N) is 2. The van der Waals surface area contributed by atoms with E-state index in [-0.39, 0.29) is 23.0 Å². The van der Waals surface area contributed by atoms with Crippen LogP contribution in [0.5, 0.6) is 5.75 Å². The molecular formula is C26H18BrN3O5. The lowest BCUT2D eigenvalue weighted by molar-refractivity contribution is 0.0700. The maximum absolute atomic E-state index is 12.8. The second kappa shape index (κ2) is 11.1. The number of hydrazone groups is 1. The van der Waals surface area contributed by atoms with Gasteiger partial charge in [0, 0.05) is 15.6 Å². The fourth-order valence-electron chi connectivity index (χ4n) is 3.05. The summed E-state index contributed by atoms with van der Waals surface area (Å²) < 4.78 is 11.2. The van der Waals surface area contributed by atoms with Gasteiger partial charge < -0.3 is 14.5 Å². The van der Waals surface area contributed by atoms with Crippen molar-refractivity contribution in [2.75, 3.05) is 5.32 Å². The van der Waals surface area contributed by atoms with Gasteiger partial charge >= 0.3 is 5.97 Å². The predicted octanol–water partition coefficient (Wildman–Crippen LogP) is 5.28. The molecule has 3 aromatic carbocycles. The Kier molecular flexibility index (Phi) is 7.49. The summed E-state index contributed by atoms with van der Waals surface area (Å²) in [5.41, 5.74) is 3.90. The maximum atomic E-state index is 12.8. The van der Waals surface area contributed by atoms with Gasteiger partial charge in [-0.1, -0.05) is 46.3 Å². The third-order valence-electron chi connectivity index (χ3n) is 4.72. The van der Waals surface area contributed by atoms with Gasteiger partial charge in [0.05, 0.1) is 23.7 Å². The zero-order valence-corrected chi connectivity index (χ0v) is 19.7. The molecule has 35 heavy (non-hydrogen) atoms. The highest BCUT2D eigenvalue weighted by atomic mass is 79.9. The first-order valence-electron chi connectivity index (χ1n) is 10.4. The molecule has 174 valence electrons. The summed E-state index contributed by atoms with van der Waals surface area (Å²) in [6.45, 7) is 0. The number of ether oxygens (including phenoxy) is 1. The molecule has 0 bridgehead atoms. The van der Waals surface area contributed by atoms with Crippen molar-refractivity contribution in [1.29, 1.82) is 0 Å². The average molecular weight is 532 g/mol. The first-order chi connectivity index (χ1) is 17.0. The van der Waals surface area contributed by atoms with Crippen molar-refractivity contribution in [1.82, 2.24) is 5.43 Å². The first-order valence-corrected chi connectivity index (χ1v) is 11.1. The standard InChI is InChI=1S/C26H18BrN3O5/c27-19-12-13-22(35-26(33)23-11-6-14-34-23)18(15-19)16-28-30-25(32)20-9-4-5-10-21(20)29-24(31)17-7-2-1-3-8-17/h1-16H,(H,29,31)(H,30,32)/b28-16-. The lowest BCUT2D eigenvalue weighted by Gasteiger charge is -2.10. The molecule has 0 aliphatic rings. The third kappa shape index (κ3) is 6.10. The predicted molar refractivity (Wildman–Crippen MR) is 134 cm³/mol. The first kappa shape index (κ1) is 23.7. The number of carbonyl (C=O) groups is 3. The molecule has 0 aliphatic carbocycles. The minimum atomic E-state index is -0.668. The van der Waals surface area contributed by atoms with E-state index in [0.29, 0.717) is 16.8 Å². The van der Waals surface area contributed by atoms with Crippen LogP contribution in [0.25, 0.3) is 0 Å². The second-order valence-corrected chi connectivity index (χ2v) is 8.03. The van der Waals surface area contributed by atoms with E-state index >= 15 is 0 Å². The van der Waals surface area contributed by atoms with E-state index in [9.17, 15) is 14.4 Å². The Bertz CT molecular complexity index is 1390. The van der Waals surface area contributed by atoms with Crippen LogP contribution in [0.3, 0.4) is 0 Å². The topological polar surface area (TPSA) is 110 Å². The summed E-state index contributed by atoms with van der Waals surface area (Å²) in [5.74, 6) is -1.26. The molecular weight excluding hydrogens is 514 g/mol. The van der Waals surface area contributed by atoms with Crippen LogP contribution in [0.15, 0.2) is 105 Å². The number of furan rings is 1. The summed E-state index contributed by atoms with van der Waals surface area (Å²) in [7, 11) is 0. The Morgan fingerprint density at radius 1 is 0.886 bits per heavy atom. The lowest BCUT2D eigenvalue weighted by Crippen LogP contribution is -2.21. The number of para-hydroxylation sites is 1. The number of esters is 1. The molecule has 9 heteroatoms. The molecule has 0 spiro atoms. The zero-order valence-electron chi connectivity index (χ0n) is 18.1. The quantitative estimate of drug-likeness (QED) is 0.146. The van der Waals surface area contributed by atoms with Gasteiger partial charge in [0.25, 0.3) is 11.8 Å². The summed E-state index contributed by atoms with van der Waals surface area (Å²) in [4.78, 5) is 37.5. The van der Waals surface area contributed by atoms with Crippen LogP contribution >= 0.6 is 15.9 Å². The van der Waals surface area contributed by atoms with Crippen molar-refractivity contribution in [3.63, 3.8) is 0 Å². The van der Waals surface area contributed by atoms with Crippen LogP contribution in [0.4, 0.5) is 5.69 Å². The lowest BCUT2D eigenvalue weighted by atomic mass is 10.1. The Balaban J connectivity index is 1.47. The SMILES string of the molecule is O=C(Nc1ccccc1C(=O)N/N=C\c1cc(Br)ccc1OC(=O)c1ccco1)c1ccccc1. The Labute approximate surface area is 208 Å². The second-order valence-electron chi connectivity index (χ2n) is 7.11. The van der Waals surface area contributed by atoms with Gasteiger partial charge in [0.2, 0.25) is 5.76 Å². The van der Waals surface area contributed by atoms with E-state index < -0.39 is 11.9 Å². The number of halogens is 1. The van der Waals surface area contributed by atoms with Crippen LogP contribution in [0.1, 0.15) is 36.8 Å². The number of nitrogens with zero attached hydrogens (tertiary/aromatic N) is 1. The van der Waals surface area contributed by atoms with Gasteiger partial charge in [-0.25, -0.2) is 10.2 Å². The molecule has 1 aromatic heterocycles. The Morgan fingerprint density at radius 2 is 1.66 bits per heavy atom. The Hall–Kier alpha value is -4.50. The molecule has 8 nitrogen and oxygen atoms in total. The number of carbonyl (C=O) groups excluding carboxylic acids is 3. The molecule has 4 aromatic rings. The van der Waals surface area contributed by atoms with Crippen LogP contribution in [-0.4, -0.2) is 24.0 Å². The van der Waals surface area contributed by atoms with E-state index in [1.165, 1.54) is 18.5 Å². The summed E-state index contributed by atoms with van der Waals surface area (Å²) >= 11 is 3.36. The molecule has 0 radical (unpaired) electrons. The smallest absolute Gasteiger partial charge is 0.379 e. The van der Waals surface area contributed by atoms with Gasteiger partial charge in [-0.2, -0.15) is 5.10 Å². The van der Waals surface area contributed by atoms with E-state index in [1.807, 2.05) is 6.07 Å². The van der Waals surface area contributed by atoms with Crippen molar-refractivity contribution in [3.8, 4) is 5.75 Å². The molecule has 0 atom stereocenters. The fourth-order valence-corrected chi connectivity index (χ4v) is 3.43. The molecule has 0 saturated heterocycles. The molecule has 0 saturated carbocycles. The summed E-state index contributed by atoms with van der Waals surface area (Å²) in [6.07, 6.45) is 2.72. The van der Waals surface area contributed by atoms with Gasteiger partial charge in [0.1, 0.15) is 5.75 Å². The van der Waals surface area contributed by atoms with Crippen LogP contribution < -0.4 is 15.5 Å². The van der Waals surface area contributed by atoms with Gasteiger partial charge in [-0.15, -0.1) is 0 Å². The maximum Gasteiger partial charge on any atom is 0.379 e. The van der Waals surface area contributed by atoms with Crippen molar-refractivity contribution >= 4 is 45.6 Å². The van der Waals surface area contributed by atoms with Crippen molar-refractivity contribution in [2.24, 2.45) is 5.10 Å². The van der Waals surface area contributed by atoms with E-state index in [2.05, 4.69) is 31.8 Å². The van der Waals surface area contributed by atoms with E-state index in [4.69, 9.17) is 9.15 Å². The fraction of sp³-hybridized carbons (Fsp3) is 0. The van der Waals surface area contributed by atoms with E-state index in [1.54, 1.807) is 72.8 Å². The number of amides is 2. The minimum Gasteiger partial charge on any atom is -0.457 e. The van der Waals surface area contributed by atoms with Gasteiger partial charge in [-0.05, 0) is 54.6 Å². The highest BCUT2D eigenvalue weighted by Crippen LogP contribution is 2.23. The molecule has 2 N–H and O–H groups in total. The number of rotatable bonds is 7. The highest BCUT2D eigenvalue weighted by molar-refractivity contribution is 9.10. The molecule has 0 fully saturated rings. The molecule has 0 unspecified atom stereocenters. The third-order valence-corrected chi connectivity index (χ3v) is 5.22. The van der Waals surface area contributed by atoms with Crippen molar-refractivity contribution in [2.45, 2.75) is 0 Å². The number of benzene rings is 3. The number of hydrogen-bond acceptors (Lipinski definition) is 6. The highest BCUT2D eigenvalue weighted by Gasteiger charge is 2.15. The van der Waals surface area contributed by atoms with Crippen LogP contribution in [-0.2, 0) is 0 Å². The Morgan fingerprint density at radius 3 is 2.43 bits per heavy atom. The van der Waals surface area contributed by atoms with Crippen molar-refractivity contribution in [3.05, 3.63) is 118 Å². The molecule has 2 amide bonds. The van der Waals surface area contributed by atoms with Gasteiger partial charge in [0.15, 0.2) is 0 Å². The van der Waals surface area contributed by atoms with Gasteiger partial charge in [-0.3, -0.25) is 9.59 Å².